The number of alkyl halides is 3. The van der Waals surface area contributed by atoms with Gasteiger partial charge in [0.15, 0.2) is 0 Å². The molecule has 2 rings (SSSR count). The van der Waals surface area contributed by atoms with Crippen molar-refractivity contribution in [3.05, 3.63) is 52.5 Å². The second-order valence-corrected chi connectivity index (χ2v) is 7.52. The summed E-state index contributed by atoms with van der Waals surface area (Å²) < 4.78 is 65.6. The Morgan fingerprint density at radius 3 is 2.35 bits per heavy atom. The van der Waals surface area contributed by atoms with E-state index in [1.165, 1.54) is 19.1 Å². The molecule has 10 heteroatoms. The third-order valence-corrected chi connectivity index (χ3v) is 5.21. The summed E-state index contributed by atoms with van der Waals surface area (Å²) in [6.07, 6.45) is -4.71. The minimum atomic E-state index is -4.71. The summed E-state index contributed by atoms with van der Waals surface area (Å²) in [4.78, 5) is 10.5. The Morgan fingerprint density at radius 2 is 1.77 bits per heavy atom. The van der Waals surface area contributed by atoms with Crippen molar-refractivity contribution in [2.24, 2.45) is 0 Å². The maximum Gasteiger partial charge on any atom is 0.416 e. The lowest BCUT2D eigenvalue weighted by Gasteiger charge is -2.14. The normalized spacial score (nSPS) is 11.9. The van der Waals surface area contributed by atoms with E-state index in [-0.39, 0.29) is 16.6 Å². The molecule has 2 N–H and O–H groups in total. The molecule has 2 aromatic carbocycles. The molecule has 140 valence electrons. The number of amides is 1. The van der Waals surface area contributed by atoms with Crippen molar-refractivity contribution in [3.63, 3.8) is 0 Å². The maximum absolute atomic E-state index is 12.8. The van der Waals surface area contributed by atoms with Gasteiger partial charge in [0, 0.05) is 12.6 Å². The van der Waals surface area contributed by atoms with Gasteiger partial charge in [-0.3, -0.25) is 9.52 Å². The van der Waals surface area contributed by atoms with E-state index < -0.39 is 26.7 Å². The van der Waals surface area contributed by atoms with Crippen LogP contribution in [0.1, 0.15) is 18.1 Å². The molecule has 0 radical (unpaired) electrons. The van der Waals surface area contributed by atoms with Crippen molar-refractivity contribution in [2.45, 2.75) is 24.9 Å². The highest BCUT2D eigenvalue weighted by atomic mass is 35.5. The van der Waals surface area contributed by atoms with E-state index >= 15 is 0 Å². The molecular weight excluding hydrogens is 393 g/mol. The monoisotopic (exact) mass is 406 g/mol. The first-order chi connectivity index (χ1) is 11.9. The first-order valence-electron chi connectivity index (χ1n) is 7.18. The van der Waals surface area contributed by atoms with Crippen LogP contribution in [-0.2, 0) is 21.0 Å². The molecule has 0 spiro atoms. The van der Waals surface area contributed by atoms with Gasteiger partial charge in [0.1, 0.15) is 4.90 Å². The van der Waals surface area contributed by atoms with Crippen molar-refractivity contribution in [1.29, 1.82) is 0 Å². The average molecular weight is 407 g/mol. The average Bonchev–Trinajstić information content (AvgIpc) is 2.49. The number of sulfonamides is 1. The molecule has 2 aromatic rings. The molecule has 0 fully saturated rings. The Kier molecular flexibility index (Phi) is 5.52. The van der Waals surface area contributed by atoms with Gasteiger partial charge in [0.2, 0.25) is 5.91 Å². The summed E-state index contributed by atoms with van der Waals surface area (Å²) in [5.74, 6) is -0.353. The van der Waals surface area contributed by atoms with E-state index in [1.807, 2.05) is 0 Å². The smallest absolute Gasteiger partial charge is 0.326 e. The van der Waals surface area contributed by atoms with Crippen molar-refractivity contribution < 1.29 is 26.4 Å². The number of halogens is 4. The standard InChI is InChI=1S/C16H14ClF3N2O3S/c1-9-3-5-12(8-14(9)21-10(2)23)22-26(24,25)15-7-11(16(18,19)20)4-6-13(15)17/h3-8,22H,1-2H3,(H,21,23). The van der Waals surface area contributed by atoms with Crippen molar-refractivity contribution in [2.75, 3.05) is 10.0 Å². The van der Waals surface area contributed by atoms with E-state index in [2.05, 4.69) is 10.0 Å². The zero-order chi connectivity index (χ0) is 19.7. The summed E-state index contributed by atoms with van der Waals surface area (Å²) in [5.41, 5.74) is -0.0222. The third kappa shape index (κ3) is 4.67. The third-order valence-electron chi connectivity index (χ3n) is 3.35. The van der Waals surface area contributed by atoms with Crippen molar-refractivity contribution in [1.82, 2.24) is 0 Å². The van der Waals surface area contributed by atoms with Crippen LogP contribution in [-0.4, -0.2) is 14.3 Å². The van der Waals surface area contributed by atoms with Gasteiger partial charge < -0.3 is 5.32 Å². The Hall–Kier alpha value is -2.26. The molecule has 0 aliphatic heterocycles. The highest BCUT2D eigenvalue weighted by Crippen LogP contribution is 2.34. The van der Waals surface area contributed by atoms with E-state index in [0.29, 0.717) is 23.4 Å². The van der Waals surface area contributed by atoms with E-state index in [1.54, 1.807) is 13.0 Å². The fraction of sp³-hybridized carbons (Fsp3) is 0.188. The van der Waals surface area contributed by atoms with E-state index in [9.17, 15) is 26.4 Å². The number of anilines is 2. The van der Waals surface area contributed by atoms with Crippen LogP contribution in [0.15, 0.2) is 41.3 Å². The largest absolute Gasteiger partial charge is 0.416 e. The van der Waals surface area contributed by atoms with Gasteiger partial charge >= 0.3 is 6.18 Å². The Morgan fingerprint density at radius 1 is 1.12 bits per heavy atom. The molecule has 5 nitrogen and oxygen atoms in total. The highest BCUT2D eigenvalue weighted by molar-refractivity contribution is 7.92. The summed E-state index contributed by atoms with van der Waals surface area (Å²) >= 11 is 5.78. The lowest BCUT2D eigenvalue weighted by atomic mass is 10.2. The molecule has 0 unspecified atom stereocenters. The van der Waals surface area contributed by atoms with Crippen LogP contribution in [0.5, 0.6) is 0 Å². The summed E-state index contributed by atoms with van der Waals surface area (Å²) in [7, 11) is -4.38. The summed E-state index contributed by atoms with van der Waals surface area (Å²) in [6.45, 7) is 2.99. The minimum absolute atomic E-state index is 0.0628. The molecule has 1 amide bonds. The van der Waals surface area contributed by atoms with Gasteiger partial charge in [-0.15, -0.1) is 0 Å². The lowest BCUT2D eigenvalue weighted by molar-refractivity contribution is -0.137. The number of carbonyl (C=O) groups excluding carboxylic acids is 1. The minimum Gasteiger partial charge on any atom is -0.326 e. The zero-order valence-corrected chi connectivity index (χ0v) is 15.2. The number of hydrogen-bond acceptors (Lipinski definition) is 3. The van der Waals surface area contributed by atoms with Crippen LogP contribution >= 0.6 is 11.6 Å². The summed E-state index contributed by atoms with van der Waals surface area (Å²) in [6, 6.07) is 6.36. The first kappa shape index (κ1) is 20.1. The van der Waals surface area contributed by atoms with Gasteiger partial charge in [-0.2, -0.15) is 13.2 Å². The molecule has 0 aliphatic carbocycles. The number of benzene rings is 2. The Bertz CT molecular complexity index is 960. The van der Waals surface area contributed by atoms with E-state index in [4.69, 9.17) is 11.6 Å². The van der Waals surface area contributed by atoms with Crippen molar-refractivity contribution in [3.8, 4) is 0 Å². The van der Waals surface area contributed by atoms with Crippen LogP contribution in [0.25, 0.3) is 0 Å². The second-order valence-electron chi connectivity index (χ2n) is 5.46. The molecule has 0 aromatic heterocycles. The van der Waals surface area contributed by atoms with Crippen LogP contribution in [0.2, 0.25) is 5.02 Å². The first-order valence-corrected chi connectivity index (χ1v) is 9.04. The number of hydrogen-bond donors (Lipinski definition) is 2. The van der Waals surface area contributed by atoms with Crippen molar-refractivity contribution >= 4 is 38.9 Å². The Balaban J connectivity index is 2.42. The Labute approximate surface area is 153 Å². The molecule has 0 bridgehead atoms. The van der Waals surface area contributed by atoms with Crippen LogP contribution in [0, 0.1) is 6.92 Å². The molecule has 0 saturated heterocycles. The number of rotatable bonds is 4. The quantitative estimate of drug-likeness (QED) is 0.788. The molecule has 0 aliphatic rings. The molecule has 0 saturated carbocycles. The van der Waals surface area contributed by atoms with Gasteiger partial charge in [-0.25, -0.2) is 8.42 Å². The second kappa shape index (κ2) is 7.16. The molecule has 0 atom stereocenters. The predicted octanol–water partition coefficient (Wildman–Crippen LogP) is 4.43. The van der Waals surface area contributed by atoms with Gasteiger partial charge in [-0.1, -0.05) is 17.7 Å². The van der Waals surface area contributed by atoms with Crippen LogP contribution in [0.3, 0.4) is 0 Å². The van der Waals surface area contributed by atoms with E-state index in [0.717, 1.165) is 6.07 Å². The van der Waals surface area contributed by atoms with Gasteiger partial charge in [0.05, 0.1) is 16.3 Å². The SMILES string of the molecule is CC(=O)Nc1cc(NS(=O)(=O)c2cc(C(F)(F)F)ccc2Cl)ccc1C. The molecular formula is C16H14ClF3N2O3S. The lowest BCUT2D eigenvalue weighted by Crippen LogP contribution is -2.16. The maximum atomic E-state index is 12.8. The zero-order valence-electron chi connectivity index (χ0n) is 13.6. The van der Waals surface area contributed by atoms with Gasteiger partial charge in [-0.05, 0) is 42.8 Å². The van der Waals surface area contributed by atoms with Crippen LogP contribution in [0.4, 0.5) is 24.5 Å². The topological polar surface area (TPSA) is 75.3 Å². The number of nitrogens with one attached hydrogen (secondary N) is 2. The number of carbonyl (C=O) groups is 1. The fourth-order valence-corrected chi connectivity index (χ4v) is 3.68. The fourth-order valence-electron chi connectivity index (χ4n) is 2.11. The predicted molar refractivity (Wildman–Crippen MR) is 92.7 cm³/mol. The molecule has 0 heterocycles. The highest BCUT2D eigenvalue weighted by Gasteiger charge is 2.32. The van der Waals surface area contributed by atoms with Crippen LogP contribution < -0.4 is 10.0 Å². The summed E-state index contributed by atoms with van der Waals surface area (Å²) in [5, 5.41) is 2.18. The molecule has 26 heavy (non-hydrogen) atoms. The van der Waals surface area contributed by atoms with Gasteiger partial charge in [0.25, 0.3) is 10.0 Å². The number of aryl methyl sites for hydroxylation is 1.